The van der Waals surface area contributed by atoms with Crippen LogP contribution in [-0.2, 0) is 11.3 Å². The Morgan fingerprint density at radius 1 is 1.03 bits per heavy atom. The van der Waals surface area contributed by atoms with Crippen LogP contribution >= 0.6 is 0 Å². The first-order valence-corrected chi connectivity index (χ1v) is 9.98. The highest BCUT2D eigenvalue weighted by Gasteiger charge is 2.19. The van der Waals surface area contributed by atoms with Gasteiger partial charge >= 0.3 is 0 Å². The molecule has 6 nitrogen and oxygen atoms in total. The van der Waals surface area contributed by atoms with E-state index < -0.39 is 17.0 Å². The predicted molar refractivity (Wildman–Crippen MR) is 120 cm³/mol. The van der Waals surface area contributed by atoms with Crippen LogP contribution < -0.4 is 10.7 Å². The van der Waals surface area contributed by atoms with E-state index in [4.69, 9.17) is 0 Å². The molecule has 0 saturated carbocycles. The molecule has 0 saturated heterocycles. The van der Waals surface area contributed by atoms with Gasteiger partial charge in [-0.05, 0) is 55.3 Å². The van der Waals surface area contributed by atoms with Crippen molar-refractivity contribution >= 4 is 28.3 Å². The number of aryl methyl sites for hydroxylation is 2. The van der Waals surface area contributed by atoms with Crippen LogP contribution in [0, 0.1) is 19.7 Å². The van der Waals surface area contributed by atoms with Gasteiger partial charge < -0.3 is 9.88 Å². The van der Waals surface area contributed by atoms with Crippen LogP contribution in [0.15, 0.2) is 71.9 Å². The van der Waals surface area contributed by atoms with E-state index in [9.17, 15) is 18.8 Å². The molecule has 1 amide bonds. The fourth-order valence-corrected chi connectivity index (χ4v) is 3.53. The number of amides is 1. The van der Waals surface area contributed by atoms with Gasteiger partial charge in [-0.2, -0.15) is 0 Å². The average Bonchev–Trinajstić information content (AvgIpc) is 2.79. The number of carbonyl (C=O) groups is 2. The van der Waals surface area contributed by atoms with Gasteiger partial charge in [0.25, 0.3) is 0 Å². The molecule has 0 radical (unpaired) electrons. The molecule has 0 bridgehead atoms. The summed E-state index contributed by atoms with van der Waals surface area (Å²) in [5, 5.41) is 2.99. The molecule has 0 fully saturated rings. The summed E-state index contributed by atoms with van der Waals surface area (Å²) in [6.07, 6.45) is 4.24. The molecule has 4 rings (SSSR count). The minimum Gasteiger partial charge on any atom is -0.337 e. The molecule has 32 heavy (non-hydrogen) atoms. The number of carbonyl (C=O) groups excluding carboxylic acids is 2. The number of hydrogen-bond donors (Lipinski definition) is 1. The molecule has 0 aliphatic rings. The summed E-state index contributed by atoms with van der Waals surface area (Å²) >= 11 is 0. The molecule has 0 aliphatic heterocycles. The summed E-state index contributed by atoms with van der Waals surface area (Å²) in [5.41, 5.74) is 1.74. The number of nitrogens with one attached hydrogen (secondary N) is 1. The predicted octanol–water partition coefficient (Wildman–Crippen LogP) is 4.02. The SMILES string of the molecule is Cc1cc2c(=O)c(C(=O)c3ccncc3)cn(CC(=O)Nc3ccccc3C)c2cc1F. The van der Waals surface area contributed by atoms with Crippen molar-refractivity contribution in [3.63, 3.8) is 0 Å². The normalized spacial score (nSPS) is 10.8. The van der Waals surface area contributed by atoms with Crippen molar-refractivity contribution in [2.75, 3.05) is 5.32 Å². The molecule has 2 aromatic heterocycles. The summed E-state index contributed by atoms with van der Waals surface area (Å²) in [4.78, 5) is 42.8. The van der Waals surface area contributed by atoms with Crippen LogP contribution in [0.4, 0.5) is 10.1 Å². The lowest BCUT2D eigenvalue weighted by atomic mass is 10.0. The van der Waals surface area contributed by atoms with Crippen LogP contribution in [0.2, 0.25) is 0 Å². The number of rotatable bonds is 5. The number of nitrogens with zero attached hydrogens (tertiary/aromatic N) is 2. The van der Waals surface area contributed by atoms with Crippen LogP contribution in [0.25, 0.3) is 10.9 Å². The lowest BCUT2D eigenvalue weighted by molar-refractivity contribution is -0.116. The Bertz CT molecular complexity index is 1410. The van der Waals surface area contributed by atoms with Crippen molar-refractivity contribution in [1.29, 1.82) is 0 Å². The monoisotopic (exact) mass is 429 g/mol. The molecule has 0 aliphatic carbocycles. The van der Waals surface area contributed by atoms with E-state index in [0.29, 0.717) is 11.3 Å². The maximum absolute atomic E-state index is 14.3. The maximum atomic E-state index is 14.3. The Morgan fingerprint density at radius 2 is 1.75 bits per heavy atom. The minimum atomic E-state index is -0.513. The molecular weight excluding hydrogens is 409 g/mol. The first-order chi connectivity index (χ1) is 15.3. The molecule has 0 unspecified atom stereocenters. The van der Waals surface area contributed by atoms with Gasteiger partial charge in [-0.1, -0.05) is 18.2 Å². The quantitative estimate of drug-likeness (QED) is 0.486. The lowest BCUT2D eigenvalue weighted by Gasteiger charge is -2.15. The van der Waals surface area contributed by atoms with Crippen LogP contribution in [-0.4, -0.2) is 21.2 Å². The summed E-state index contributed by atoms with van der Waals surface area (Å²) < 4.78 is 15.8. The number of para-hydroxylation sites is 1. The molecule has 1 N–H and O–H groups in total. The van der Waals surface area contributed by atoms with Gasteiger partial charge in [-0.15, -0.1) is 0 Å². The summed E-state index contributed by atoms with van der Waals surface area (Å²) in [6, 6.07) is 13.0. The number of fused-ring (bicyclic) bond motifs is 1. The van der Waals surface area contributed by atoms with E-state index >= 15 is 0 Å². The van der Waals surface area contributed by atoms with Crippen molar-refractivity contribution in [3.05, 3.63) is 105 Å². The third-order valence-electron chi connectivity index (χ3n) is 5.28. The van der Waals surface area contributed by atoms with E-state index in [1.165, 1.54) is 47.4 Å². The van der Waals surface area contributed by atoms with Crippen LogP contribution in [0.1, 0.15) is 27.0 Å². The highest BCUT2D eigenvalue weighted by molar-refractivity contribution is 6.10. The Balaban J connectivity index is 1.81. The minimum absolute atomic E-state index is 0.0987. The Hall–Kier alpha value is -4.13. The molecule has 0 atom stereocenters. The third kappa shape index (κ3) is 4.05. The van der Waals surface area contributed by atoms with E-state index in [1.807, 2.05) is 19.1 Å². The summed E-state index contributed by atoms with van der Waals surface area (Å²) in [7, 11) is 0. The zero-order valence-corrected chi connectivity index (χ0v) is 17.6. The van der Waals surface area contributed by atoms with Gasteiger partial charge in [-0.3, -0.25) is 19.4 Å². The third-order valence-corrected chi connectivity index (χ3v) is 5.28. The first kappa shape index (κ1) is 21.1. The van der Waals surface area contributed by atoms with Gasteiger partial charge in [0.15, 0.2) is 5.78 Å². The summed E-state index contributed by atoms with van der Waals surface area (Å²) in [6.45, 7) is 3.21. The number of benzene rings is 2. The van der Waals surface area contributed by atoms with Gasteiger partial charge in [-0.25, -0.2) is 4.39 Å². The van der Waals surface area contributed by atoms with Gasteiger partial charge in [0, 0.05) is 35.2 Å². The Kier molecular flexibility index (Phi) is 5.64. The second kappa shape index (κ2) is 8.55. The number of anilines is 1. The lowest BCUT2D eigenvalue weighted by Crippen LogP contribution is -2.24. The number of halogens is 1. The number of hydrogen-bond acceptors (Lipinski definition) is 4. The van der Waals surface area contributed by atoms with E-state index in [-0.39, 0.29) is 34.5 Å². The summed E-state index contributed by atoms with van der Waals surface area (Å²) in [5.74, 6) is -1.36. The number of aromatic nitrogens is 2. The second-order valence-corrected chi connectivity index (χ2v) is 7.55. The number of ketones is 1. The standard InChI is InChI=1S/C25H20FN3O3/c1-15-5-3-4-6-21(15)28-23(30)14-29-13-19(24(31)17-7-9-27-10-8-17)25(32)18-11-16(2)20(26)12-22(18)29/h3-13H,14H2,1-2H3,(H,28,30). The van der Waals surface area contributed by atoms with E-state index in [2.05, 4.69) is 10.3 Å². The Morgan fingerprint density at radius 3 is 2.47 bits per heavy atom. The molecule has 2 heterocycles. The fraction of sp³-hybridized carbons (Fsp3) is 0.120. The van der Waals surface area contributed by atoms with E-state index in [1.54, 1.807) is 19.1 Å². The second-order valence-electron chi connectivity index (χ2n) is 7.55. The molecule has 2 aromatic carbocycles. The largest absolute Gasteiger partial charge is 0.337 e. The van der Waals surface area contributed by atoms with Crippen molar-refractivity contribution in [1.82, 2.24) is 9.55 Å². The molecule has 0 spiro atoms. The molecular formula is C25H20FN3O3. The molecule has 160 valence electrons. The number of pyridine rings is 2. The average molecular weight is 429 g/mol. The van der Waals surface area contributed by atoms with Crippen LogP contribution in [0.3, 0.4) is 0 Å². The van der Waals surface area contributed by atoms with Gasteiger partial charge in [0.2, 0.25) is 11.3 Å². The highest BCUT2D eigenvalue weighted by atomic mass is 19.1. The van der Waals surface area contributed by atoms with Crippen LogP contribution in [0.5, 0.6) is 0 Å². The van der Waals surface area contributed by atoms with E-state index in [0.717, 1.165) is 5.56 Å². The Labute approximate surface area is 183 Å². The first-order valence-electron chi connectivity index (χ1n) is 9.98. The molecule has 7 heteroatoms. The van der Waals surface area contributed by atoms with Crippen molar-refractivity contribution in [2.45, 2.75) is 20.4 Å². The van der Waals surface area contributed by atoms with Crippen molar-refractivity contribution < 1.29 is 14.0 Å². The fourth-order valence-electron chi connectivity index (χ4n) is 3.53. The van der Waals surface area contributed by atoms with Crippen molar-refractivity contribution in [2.24, 2.45) is 0 Å². The van der Waals surface area contributed by atoms with Gasteiger partial charge in [0.05, 0.1) is 11.1 Å². The topological polar surface area (TPSA) is 81.1 Å². The smallest absolute Gasteiger partial charge is 0.244 e. The molecule has 4 aromatic rings. The van der Waals surface area contributed by atoms with Gasteiger partial charge in [0.1, 0.15) is 12.4 Å². The zero-order chi connectivity index (χ0) is 22.8. The maximum Gasteiger partial charge on any atom is 0.244 e. The zero-order valence-electron chi connectivity index (χ0n) is 17.6. The highest BCUT2D eigenvalue weighted by Crippen LogP contribution is 2.19. The van der Waals surface area contributed by atoms with Crippen molar-refractivity contribution in [3.8, 4) is 0 Å².